The van der Waals surface area contributed by atoms with E-state index in [0.29, 0.717) is 19.1 Å². The monoisotopic (exact) mass is 314 g/mol. The van der Waals surface area contributed by atoms with E-state index in [1.807, 2.05) is 13.8 Å². The van der Waals surface area contributed by atoms with Crippen molar-refractivity contribution in [3.8, 4) is 0 Å². The summed E-state index contributed by atoms with van der Waals surface area (Å²) >= 11 is 0. The van der Waals surface area contributed by atoms with Crippen molar-refractivity contribution in [2.24, 2.45) is 5.92 Å². The molecule has 0 spiro atoms. The first kappa shape index (κ1) is 16.4. The van der Waals surface area contributed by atoms with Crippen LogP contribution in [-0.2, 0) is 16.6 Å². The molecule has 1 fully saturated rings. The molecular weight excluding hydrogens is 291 g/mol. The first-order valence-corrected chi connectivity index (χ1v) is 8.92. The number of hydrogen-bond donors (Lipinski definition) is 2. The van der Waals surface area contributed by atoms with Crippen molar-refractivity contribution in [2.75, 3.05) is 6.54 Å². The van der Waals surface area contributed by atoms with Crippen LogP contribution in [-0.4, -0.2) is 21.0 Å². The summed E-state index contributed by atoms with van der Waals surface area (Å²) in [5.74, 6) is -0.466. The Hall–Kier alpha value is -0.980. The average Bonchev–Trinajstić information content (AvgIpc) is 3.26. The zero-order valence-electron chi connectivity index (χ0n) is 12.5. The van der Waals surface area contributed by atoms with Crippen LogP contribution in [0, 0.1) is 11.7 Å². The molecule has 0 aliphatic heterocycles. The minimum Gasteiger partial charge on any atom is -0.310 e. The van der Waals surface area contributed by atoms with Crippen LogP contribution in [0.1, 0.15) is 38.7 Å². The summed E-state index contributed by atoms with van der Waals surface area (Å²) in [5.41, 5.74) is 0.764. The molecule has 0 amide bonds. The lowest BCUT2D eigenvalue weighted by Gasteiger charge is -2.12. The zero-order chi connectivity index (χ0) is 15.5. The van der Waals surface area contributed by atoms with Gasteiger partial charge in [0.2, 0.25) is 10.0 Å². The van der Waals surface area contributed by atoms with Gasteiger partial charge in [0, 0.05) is 19.1 Å². The van der Waals surface area contributed by atoms with E-state index in [1.54, 1.807) is 6.07 Å². The molecule has 6 heteroatoms. The molecule has 1 aliphatic carbocycles. The van der Waals surface area contributed by atoms with Crippen LogP contribution in [0.2, 0.25) is 0 Å². The molecule has 1 unspecified atom stereocenters. The van der Waals surface area contributed by atoms with Crippen molar-refractivity contribution < 1.29 is 12.8 Å². The second-order valence-corrected chi connectivity index (χ2v) is 7.52. The maximum Gasteiger partial charge on any atom is 0.243 e. The van der Waals surface area contributed by atoms with Crippen molar-refractivity contribution in [1.82, 2.24) is 10.0 Å². The van der Waals surface area contributed by atoms with E-state index >= 15 is 0 Å². The Morgan fingerprint density at radius 3 is 2.67 bits per heavy atom. The van der Waals surface area contributed by atoms with E-state index in [-0.39, 0.29) is 10.8 Å². The fraction of sp³-hybridized carbons (Fsp3) is 0.600. The molecule has 0 bridgehead atoms. The molecule has 0 heterocycles. The predicted octanol–water partition coefficient (Wildman–Crippen LogP) is 2.40. The highest BCUT2D eigenvalue weighted by Gasteiger charge is 2.22. The number of sulfonamides is 1. The van der Waals surface area contributed by atoms with Gasteiger partial charge in [-0.3, -0.25) is 0 Å². The fourth-order valence-corrected chi connectivity index (χ4v) is 3.12. The van der Waals surface area contributed by atoms with Crippen molar-refractivity contribution in [2.45, 2.75) is 50.6 Å². The maximum atomic E-state index is 14.0. The predicted molar refractivity (Wildman–Crippen MR) is 80.9 cm³/mol. The maximum absolute atomic E-state index is 14.0. The third-order valence-electron chi connectivity index (χ3n) is 3.78. The summed E-state index contributed by atoms with van der Waals surface area (Å²) in [6.07, 6.45) is 3.19. The number of rotatable bonds is 8. The molecule has 2 rings (SSSR count). The van der Waals surface area contributed by atoms with E-state index < -0.39 is 15.8 Å². The Bertz CT molecular complexity index is 585. The van der Waals surface area contributed by atoms with Gasteiger partial charge in [0.05, 0.1) is 0 Å². The van der Waals surface area contributed by atoms with Gasteiger partial charge in [-0.2, -0.15) is 0 Å². The van der Waals surface area contributed by atoms with Gasteiger partial charge in [0.15, 0.2) is 0 Å². The summed E-state index contributed by atoms with van der Waals surface area (Å²) in [7, 11) is -3.78. The minimum atomic E-state index is -3.78. The van der Waals surface area contributed by atoms with Crippen molar-refractivity contribution >= 4 is 10.0 Å². The van der Waals surface area contributed by atoms with E-state index in [0.717, 1.165) is 24.8 Å². The van der Waals surface area contributed by atoms with Gasteiger partial charge >= 0.3 is 0 Å². The Balaban J connectivity index is 2.04. The van der Waals surface area contributed by atoms with Gasteiger partial charge in [0.1, 0.15) is 10.7 Å². The van der Waals surface area contributed by atoms with Gasteiger partial charge in [0.25, 0.3) is 0 Å². The Morgan fingerprint density at radius 2 is 2.10 bits per heavy atom. The molecular formula is C15H23FN2O2S. The molecule has 4 nitrogen and oxygen atoms in total. The molecule has 0 radical (unpaired) electrons. The lowest BCUT2D eigenvalue weighted by molar-refractivity contribution is 0.520. The molecule has 118 valence electrons. The number of benzene rings is 1. The molecule has 0 aromatic heterocycles. The van der Waals surface area contributed by atoms with Crippen molar-refractivity contribution in [3.05, 3.63) is 29.6 Å². The van der Waals surface area contributed by atoms with Crippen LogP contribution in [0.4, 0.5) is 4.39 Å². The number of halogens is 1. The summed E-state index contributed by atoms with van der Waals surface area (Å²) in [5, 5.41) is 3.27. The molecule has 0 saturated heterocycles. The molecule has 2 N–H and O–H groups in total. The SMILES string of the molecule is CCC(C)CNS(=O)(=O)c1ccc(CNC2CC2)cc1F. The molecule has 1 aromatic rings. The van der Waals surface area contributed by atoms with Gasteiger partial charge in [-0.1, -0.05) is 26.3 Å². The van der Waals surface area contributed by atoms with E-state index in [9.17, 15) is 12.8 Å². The van der Waals surface area contributed by atoms with Crippen molar-refractivity contribution in [1.29, 1.82) is 0 Å². The van der Waals surface area contributed by atoms with Crippen LogP contribution in [0.3, 0.4) is 0 Å². The summed E-state index contributed by atoms with van der Waals surface area (Å²) in [6, 6.07) is 4.84. The average molecular weight is 314 g/mol. The smallest absolute Gasteiger partial charge is 0.243 e. The third-order valence-corrected chi connectivity index (χ3v) is 5.23. The van der Waals surface area contributed by atoms with E-state index in [1.165, 1.54) is 12.1 Å². The zero-order valence-corrected chi connectivity index (χ0v) is 13.3. The summed E-state index contributed by atoms with van der Waals surface area (Å²) in [4.78, 5) is -0.277. The van der Waals surface area contributed by atoms with Crippen LogP contribution in [0.5, 0.6) is 0 Å². The fourth-order valence-electron chi connectivity index (χ4n) is 1.90. The molecule has 1 atom stereocenters. The number of nitrogens with one attached hydrogen (secondary N) is 2. The first-order valence-electron chi connectivity index (χ1n) is 7.44. The molecule has 1 aliphatic rings. The summed E-state index contributed by atoms with van der Waals surface area (Å²) in [6.45, 7) is 4.83. The standard InChI is InChI=1S/C15H23FN2O2S/c1-3-11(2)9-18-21(19,20)15-7-4-12(8-14(15)16)10-17-13-5-6-13/h4,7-8,11,13,17-18H,3,5-6,9-10H2,1-2H3. The van der Waals surface area contributed by atoms with Crippen molar-refractivity contribution in [3.63, 3.8) is 0 Å². The second-order valence-electron chi connectivity index (χ2n) is 5.79. The van der Waals surface area contributed by atoms with Crippen LogP contribution in [0.25, 0.3) is 0 Å². The lowest BCUT2D eigenvalue weighted by atomic mass is 10.1. The molecule has 21 heavy (non-hydrogen) atoms. The van der Waals surface area contributed by atoms with Crippen LogP contribution >= 0.6 is 0 Å². The summed E-state index contributed by atoms with van der Waals surface area (Å²) < 4.78 is 40.7. The molecule has 1 saturated carbocycles. The first-order chi connectivity index (χ1) is 9.92. The van der Waals surface area contributed by atoms with Crippen LogP contribution < -0.4 is 10.0 Å². The van der Waals surface area contributed by atoms with E-state index in [4.69, 9.17) is 0 Å². The normalized spacial score (nSPS) is 16.9. The Kier molecular flexibility index (Phi) is 5.35. The van der Waals surface area contributed by atoms with Gasteiger partial charge in [-0.25, -0.2) is 17.5 Å². The largest absolute Gasteiger partial charge is 0.310 e. The highest BCUT2D eigenvalue weighted by Crippen LogP contribution is 2.20. The Morgan fingerprint density at radius 1 is 1.38 bits per heavy atom. The van der Waals surface area contributed by atoms with Gasteiger partial charge < -0.3 is 5.32 Å². The van der Waals surface area contributed by atoms with Gasteiger partial charge in [-0.05, 0) is 36.5 Å². The van der Waals surface area contributed by atoms with E-state index in [2.05, 4.69) is 10.0 Å². The third kappa shape index (κ3) is 4.76. The minimum absolute atomic E-state index is 0.227. The van der Waals surface area contributed by atoms with Gasteiger partial charge in [-0.15, -0.1) is 0 Å². The topological polar surface area (TPSA) is 58.2 Å². The highest BCUT2D eigenvalue weighted by molar-refractivity contribution is 7.89. The molecule has 1 aromatic carbocycles. The van der Waals surface area contributed by atoms with Crippen LogP contribution in [0.15, 0.2) is 23.1 Å². The number of hydrogen-bond acceptors (Lipinski definition) is 3. The Labute approximate surface area is 126 Å². The lowest BCUT2D eigenvalue weighted by Crippen LogP contribution is -2.29. The second kappa shape index (κ2) is 6.85. The quantitative estimate of drug-likeness (QED) is 0.774. The highest BCUT2D eigenvalue weighted by atomic mass is 32.2.